The van der Waals surface area contributed by atoms with E-state index in [1.54, 1.807) is 23.3 Å². The first-order chi connectivity index (χ1) is 5.75. The summed E-state index contributed by atoms with van der Waals surface area (Å²) in [5.74, 6) is 1.21. The van der Waals surface area contributed by atoms with Crippen LogP contribution in [0.15, 0.2) is 23.1 Å². The minimum Gasteiger partial charge on any atom is -0.428 e. The smallest absolute Gasteiger partial charge is 0.307 e. The Labute approximate surface area is 68.8 Å². The molecule has 2 aromatic rings. The van der Waals surface area contributed by atoms with E-state index in [4.69, 9.17) is 10.2 Å². The molecule has 0 fully saturated rings. The van der Waals surface area contributed by atoms with E-state index < -0.39 is 0 Å². The van der Waals surface area contributed by atoms with Crippen molar-refractivity contribution in [3.05, 3.63) is 24.5 Å². The lowest BCUT2D eigenvalue weighted by atomic mass is 10.6. The van der Waals surface area contributed by atoms with Crippen molar-refractivity contribution in [1.29, 1.82) is 0 Å². The molecule has 0 atom stereocenters. The number of hydrogen-bond donors (Lipinski definition) is 1. The highest BCUT2D eigenvalue weighted by Gasteiger charge is 2.02. The van der Waals surface area contributed by atoms with Crippen molar-refractivity contribution < 1.29 is 4.42 Å². The van der Waals surface area contributed by atoms with Crippen LogP contribution in [0.1, 0.15) is 5.76 Å². The summed E-state index contributed by atoms with van der Waals surface area (Å²) >= 11 is 0. The van der Waals surface area contributed by atoms with Gasteiger partial charge >= 0.3 is 6.01 Å². The summed E-state index contributed by atoms with van der Waals surface area (Å²) in [5.41, 5.74) is 5.42. The third-order valence-electron chi connectivity index (χ3n) is 1.43. The Kier molecular flexibility index (Phi) is 1.36. The fourth-order valence-electron chi connectivity index (χ4n) is 0.905. The molecule has 12 heavy (non-hydrogen) atoms. The molecule has 0 amide bonds. The van der Waals surface area contributed by atoms with Crippen LogP contribution in [0, 0.1) is 6.92 Å². The van der Waals surface area contributed by atoms with Gasteiger partial charge in [-0.25, -0.2) is 9.97 Å². The van der Waals surface area contributed by atoms with E-state index in [0.29, 0.717) is 11.8 Å². The largest absolute Gasteiger partial charge is 0.428 e. The Morgan fingerprint density at radius 3 is 2.83 bits per heavy atom. The SMILES string of the molecule is Cc1cnc(-n2cnc(N)c2)o1. The van der Waals surface area contributed by atoms with Gasteiger partial charge in [-0.15, -0.1) is 0 Å². The minimum absolute atomic E-state index is 0.450. The third-order valence-corrected chi connectivity index (χ3v) is 1.43. The van der Waals surface area contributed by atoms with Gasteiger partial charge in [-0.1, -0.05) is 0 Å². The minimum atomic E-state index is 0.450. The summed E-state index contributed by atoms with van der Waals surface area (Å²) in [5, 5.41) is 0. The Bertz CT molecular complexity index is 351. The second-order valence-electron chi connectivity index (χ2n) is 2.46. The summed E-state index contributed by atoms with van der Waals surface area (Å²) in [6.07, 6.45) is 4.84. The number of anilines is 1. The number of aromatic nitrogens is 3. The standard InChI is InChI=1S/C7H8N4O/c1-5-2-9-7(12-5)11-3-6(8)10-4-11/h2-4H,8H2,1H3. The highest BCUT2D eigenvalue weighted by Crippen LogP contribution is 2.08. The molecule has 0 bridgehead atoms. The molecule has 0 radical (unpaired) electrons. The van der Waals surface area contributed by atoms with Crippen LogP contribution in [0.5, 0.6) is 0 Å². The molecule has 2 heterocycles. The number of nitrogen functional groups attached to an aromatic ring is 1. The molecule has 0 aliphatic rings. The number of hydrogen-bond acceptors (Lipinski definition) is 4. The lowest BCUT2D eigenvalue weighted by Crippen LogP contribution is -1.88. The van der Waals surface area contributed by atoms with Crippen molar-refractivity contribution in [2.75, 3.05) is 5.73 Å². The van der Waals surface area contributed by atoms with Crippen molar-refractivity contribution in [3.8, 4) is 6.01 Å². The van der Waals surface area contributed by atoms with Gasteiger partial charge in [0.15, 0.2) is 0 Å². The van der Waals surface area contributed by atoms with Crippen LogP contribution in [-0.2, 0) is 0 Å². The van der Waals surface area contributed by atoms with Crippen LogP contribution in [0.3, 0.4) is 0 Å². The Hall–Kier alpha value is -1.78. The number of nitrogens with two attached hydrogens (primary N) is 1. The van der Waals surface area contributed by atoms with Gasteiger partial charge in [-0.05, 0) is 6.92 Å². The van der Waals surface area contributed by atoms with Crippen LogP contribution >= 0.6 is 0 Å². The van der Waals surface area contributed by atoms with Crippen LogP contribution in [-0.4, -0.2) is 14.5 Å². The van der Waals surface area contributed by atoms with Crippen LogP contribution in [0.2, 0.25) is 0 Å². The summed E-state index contributed by atoms with van der Waals surface area (Å²) < 4.78 is 6.87. The molecule has 0 spiro atoms. The van der Waals surface area contributed by atoms with Gasteiger partial charge in [0.1, 0.15) is 17.9 Å². The maximum Gasteiger partial charge on any atom is 0.307 e. The predicted molar refractivity (Wildman–Crippen MR) is 42.8 cm³/mol. The Morgan fingerprint density at radius 1 is 1.50 bits per heavy atom. The van der Waals surface area contributed by atoms with Gasteiger partial charge in [-0.3, -0.25) is 4.57 Å². The lowest BCUT2D eigenvalue weighted by Gasteiger charge is -1.90. The molecule has 2 rings (SSSR count). The zero-order chi connectivity index (χ0) is 8.55. The van der Waals surface area contributed by atoms with E-state index in [1.165, 1.54) is 0 Å². The zero-order valence-electron chi connectivity index (χ0n) is 6.56. The number of rotatable bonds is 1. The average Bonchev–Trinajstić information content (AvgIpc) is 2.58. The zero-order valence-corrected chi connectivity index (χ0v) is 6.56. The van der Waals surface area contributed by atoms with Gasteiger partial charge in [0.25, 0.3) is 0 Å². The lowest BCUT2D eigenvalue weighted by molar-refractivity contribution is 0.501. The van der Waals surface area contributed by atoms with Gasteiger partial charge < -0.3 is 10.2 Å². The first-order valence-electron chi connectivity index (χ1n) is 3.48. The number of imidazole rings is 1. The van der Waals surface area contributed by atoms with E-state index in [1.807, 2.05) is 6.92 Å². The second kappa shape index (κ2) is 2.37. The Balaban J connectivity index is 2.43. The summed E-state index contributed by atoms with van der Waals surface area (Å²) in [6.45, 7) is 1.83. The van der Waals surface area contributed by atoms with Crippen LogP contribution in [0.4, 0.5) is 5.82 Å². The van der Waals surface area contributed by atoms with Crippen molar-refractivity contribution in [2.45, 2.75) is 6.92 Å². The fraction of sp³-hybridized carbons (Fsp3) is 0.143. The normalized spacial score (nSPS) is 10.4. The number of oxazole rings is 1. The van der Waals surface area contributed by atoms with E-state index >= 15 is 0 Å². The molecule has 0 saturated heterocycles. The number of aryl methyl sites for hydroxylation is 1. The monoisotopic (exact) mass is 164 g/mol. The molecule has 2 N–H and O–H groups in total. The van der Waals surface area contributed by atoms with Gasteiger partial charge in [-0.2, -0.15) is 0 Å². The summed E-state index contributed by atoms with van der Waals surface area (Å²) in [7, 11) is 0. The van der Waals surface area contributed by atoms with Crippen molar-refractivity contribution in [3.63, 3.8) is 0 Å². The summed E-state index contributed by atoms with van der Waals surface area (Å²) in [4.78, 5) is 7.84. The molecule has 0 saturated carbocycles. The molecule has 5 nitrogen and oxygen atoms in total. The number of nitrogens with zero attached hydrogens (tertiary/aromatic N) is 3. The maximum atomic E-state index is 5.42. The molecular formula is C7H8N4O. The third kappa shape index (κ3) is 1.05. The summed E-state index contributed by atoms with van der Waals surface area (Å²) in [6, 6.07) is 0.483. The molecule has 2 aromatic heterocycles. The van der Waals surface area contributed by atoms with Crippen LogP contribution < -0.4 is 5.73 Å². The molecular weight excluding hydrogens is 156 g/mol. The van der Waals surface area contributed by atoms with Crippen LogP contribution in [0.25, 0.3) is 6.01 Å². The first-order valence-corrected chi connectivity index (χ1v) is 3.48. The highest BCUT2D eigenvalue weighted by atomic mass is 16.4. The molecule has 62 valence electrons. The highest BCUT2D eigenvalue weighted by molar-refractivity contribution is 5.26. The second-order valence-corrected chi connectivity index (χ2v) is 2.46. The maximum absolute atomic E-state index is 5.42. The van der Waals surface area contributed by atoms with E-state index in [9.17, 15) is 0 Å². The molecule has 0 unspecified atom stereocenters. The molecule has 0 aromatic carbocycles. The Morgan fingerprint density at radius 2 is 2.33 bits per heavy atom. The first kappa shape index (κ1) is 6.90. The van der Waals surface area contributed by atoms with Crippen molar-refractivity contribution in [1.82, 2.24) is 14.5 Å². The van der Waals surface area contributed by atoms with E-state index in [0.717, 1.165) is 5.76 Å². The average molecular weight is 164 g/mol. The van der Waals surface area contributed by atoms with E-state index in [2.05, 4.69) is 9.97 Å². The van der Waals surface area contributed by atoms with Crippen molar-refractivity contribution in [2.24, 2.45) is 0 Å². The van der Waals surface area contributed by atoms with Gasteiger partial charge in [0, 0.05) is 0 Å². The quantitative estimate of drug-likeness (QED) is 0.675. The fourth-order valence-corrected chi connectivity index (χ4v) is 0.905. The van der Waals surface area contributed by atoms with Gasteiger partial charge in [0.2, 0.25) is 0 Å². The molecule has 5 heteroatoms. The van der Waals surface area contributed by atoms with Crippen molar-refractivity contribution >= 4 is 5.82 Å². The molecule has 0 aliphatic carbocycles. The van der Waals surface area contributed by atoms with E-state index in [-0.39, 0.29) is 0 Å². The predicted octanol–water partition coefficient (Wildman–Crippen LogP) is 0.751. The molecule has 0 aliphatic heterocycles. The van der Waals surface area contributed by atoms with Gasteiger partial charge in [0.05, 0.1) is 12.4 Å². The topological polar surface area (TPSA) is 69.9 Å².